The Morgan fingerprint density at radius 2 is 1.50 bits per heavy atom. The van der Waals surface area contributed by atoms with E-state index in [9.17, 15) is 19.2 Å². The number of anilines is 2. The molecule has 0 atom stereocenters. The van der Waals surface area contributed by atoms with Gasteiger partial charge in [-0.1, -0.05) is 30.3 Å². The topological polar surface area (TPSA) is 102 Å². The number of benzene rings is 2. The van der Waals surface area contributed by atoms with E-state index in [4.69, 9.17) is 4.74 Å². The summed E-state index contributed by atoms with van der Waals surface area (Å²) in [6, 6.07) is 15.5. The molecule has 2 N–H and O–H groups in total. The van der Waals surface area contributed by atoms with Crippen LogP contribution in [-0.2, 0) is 19.1 Å². The number of Topliss-reactive ketones (excluding diaryl/α,β-unsaturated/α-hetero) is 1. The average Bonchev–Trinajstić information content (AvgIpc) is 2.67. The molecule has 0 radical (unpaired) electrons. The number of amides is 2. The molecule has 0 aliphatic carbocycles. The number of esters is 1. The van der Waals surface area contributed by atoms with E-state index in [1.165, 1.54) is 6.92 Å². The second kappa shape index (κ2) is 10.6. The monoisotopic (exact) mass is 382 g/mol. The number of ketones is 1. The number of carbonyl (C=O) groups excluding carboxylic acids is 4. The maximum absolute atomic E-state index is 11.8. The van der Waals surface area contributed by atoms with E-state index in [0.29, 0.717) is 23.4 Å². The normalized spacial score (nSPS) is 10.0. The van der Waals surface area contributed by atoms with Gasteiger partial charge in [0.1, 0.15) is 0 Å². The third-order valence-corrected chi connectivity index (χ3v) is 3.76. The summed E-state index contributed by atoms with van der Waals surface area (Å²) >= 11 is 0. The van der Waals surface area contributed by atoms with Gasteiger partial charge in [-0.15, -0.1) is 0 Å². The molecule has 7 heteroatoms. The molecular formula is C21H22N2O5. The summed E-state index contributed by atoms with van der Waals surface area (Å²) in [5.74, 6) is -1.36. The fraction of sp³-hybridized carbons (Fsp3) is 0.238. The molecule has 0 unspecified atom stereocenters. The van der Waals surface area contributed by atoms with Crippen LogP contribution in [0.15, 0.2) is 54.6 Å². The van der Waals surface area contributed by atoms with Gasteiger partial charge in [0.25, 0.3) is 5.91 Å². The van der Waals surface area contributed by atoms with Gasteiger partial charge in [-0.25, -0.2) is 0 Å². The van der Waals surface area contributed by atoms with Gasteiger partial charge in [0.05, 0.1) is 0 Å². The van der Waals surface area contributed by atoms with E-state index in [1.807, 2.05) is 18.2 Å². The van der Waals surface area contributed by atoms with Gasteiger partial charge in [0.2, 0.25) is 5.91 Å². The van der Waals surface area contributed by atoms with Crippen LogP contribution < -0.4 is 10.6 Å². The first-order chi connectivity index (χ1) is 13.4. The van der Waals surface area contributed by atoms with Crippen molar-refractivity contribution >= 4 is 34.9 Å². The highest BCUT2D eigenvalue weighted by Crippen LogP contribution is 2.11. The lowest BCUT2D eigenvalue weighted by Crippen LogP contribution is -2.21. The zero-order valence-corrected chi connectivity index (χ0v) is 15.6. The van der Waals surface area contributed by atoms with Crippen molar-refractivity contribution in [2.75, 3.05) is 17.2 Å². The molecule has 2 amide bonds. The maximum Gasteiger partial charge on any atom is 0.306 e. The molecule has 146 valence electrons. The van der Waals surface area contributed by atoms with Crippen LogP contribution in [0.2, 0.25) is 0 Å². The summed E-state index contributed by atoms with van der Waals surface area (Å²) in [7, 11) is 0. The summed E-state index contributed by atoms with van der Waals surface area (Å²) in [4.78, 5) is 46.7. The van der Waals surface area contributed by atoms with Crippen molar-refractivity contribution in [1.82, 2.24) is 0 Å². The Morgan fingerprint density at radius 3 is 2.21 bits per heavy atom. The van der Waals surface area contributed by atoms with Crippen LogP contribution in [0, 0.1) is 0 Å². The largest absolute Gasteiger partial charge is 0.456 e. The number of nitrogens with one attached hydrogen (secondary N) is 2. The second-order valence-corrected chi connectivity index (χ2v) is 6.11. The first kappa shape index (κ1) is 20.8. The summed E-state index contributed by atoms with van der Waals surface area (Å²) in [6.45, 7) is 1.00. The molecule has 0 aromatic heterocycles. The average molecular weight is 382 g/mol. The minimum absolute atomic E-state index is 0.0370. The number of hydrogen-bond acceptors (Lipinski definition) is 5. The molecule has 2 aromatic rings. The predicted molar refractivity (Wildman–Crippen MR) is 105 cm³/mol. The summed E-state index contributed by atoms with van der Waals surface area (Å²) in [5.41, 5.74) is 1.62. The number of carbonyl (C=O) groups is 4. The molecule has 0 spiro atoms. The Hall–Kier alpha value is -3.48. The van der Waals surface area contributed by atoms with Gasteiger partial charge in [0, 0.05) is 29.8 Å². The van der Waals surface area contributed by atoms with E-state index < -0.39 is 18.5 Å². The lowest BCUT2D eigenvalue weighted by Gasteiger charge is -2.08. The van der Waals surface area contributed by atoms with Crippen molar-refractivity contribution in [3.05, 3.63) is 60.2 Å². The zero-order chi connectivity index (χ0) is 20.4. The highest BCUT2D eigenvalue weighted by Gasteiger charge is 2.10. The molecule has 2 rings (SSSR count). The van der Waals surface area contributed by atoms with Crippen LogP contribution in [0.1, 0.15) is 36.5 Å². The van der Waals surface area contributed by atoms with Gasteiger partial charge in [-0.3, -0.25) is 19.2 Å². The Labute approximate surface area is 163 Å². The SMILES string of the molecule is CC(=O)c1cccc(NC(=O)COC(=O)CCCC(=O)Nc2ccccc2)c1. The molecule has 0 heterocycles. The molecular weight excluding hydrogens is 360 g/mol. The van der Waals surface area contributed by atoms with Crippen molar-refractivity contribution in [3.63, 3.8) is 0 Å². The minimum Gasteiger partial charge on any atom is -0.456 e. The van der Waals surface area contributed by atoms with E-state index in [2.05, 4.69) is 10.6 Å². The standard InChI is InChI=1S/C21H22N2O5/c1-15(24)16-7-5-10-18(13-16)23-20(26)14-28-21(27)12-6-11-19(25)22-17-8-3-2-4-9-17/h2-5,7-10,13H,6,11-12,14H2,1H3,(H,22,25)(H,23,26). The van der Waals surface area contributed by atoms with Crippen molar-refractivity contribution in [2.24, 2.45) is 0 Å². The minimum atomic E-state index is -0.555. The van der Waals surface area contributed by atoms with Crippen LogP contribution in [-0.4, -0.2) is 30.2 Å². The second-order valence-electron chi connectivity index (χ2n) is 6.11. The molecule has 0 aliphatic rings. The summed E-state index contributed by atoms with van der Waals surface area (Å²) in [6.07, 6.45) is 0.531. The van der Waals surface area contributed by atoms with Gasteiger partial charge in [-0.05, 0) is 37.6 Å². The number of para-hydroxylation sites is 1. The van der Waals surface area contributed by atoms with E-state index in [0.717, 1.165) is 0 Å². The summed E-state index contributed by atoms with van der Waals surface area (Å²) < 4.78 is 4.90. The van der Waals surface area contributed by atoms with E-state index in [1.54, 1.807) is 36.4 Å². The highest BCUT2D eigenvalue weighted by atomic mass is 16.5. The number of hydrogen-bond donors (Lipinski definition) is 2. The first-order valence-corrected chi connectivity index (χ1v) is 8.85. The van der Waals surface area contributed by atoms with Gasteiger partial charge in [0.15, 0.2) is 12.4 Å². The first-order valence-electron chi connectivity index (χ1n) is 8.85. The summed E-state index contributed by atoms with van der Waals surface area (Å²) in [5, 5.41) is 5.29. The van der Waals surface area contributed by atoms with Crippen molar-refractivity contribution in [3.8, 4) is 0 Å². The molecule has 0 saturated carbocycles. The molecule has 2 aromatic carbocycles. The Kier molecular flexibility index (Phi) is 7.90. The van der Waals surface area contributed by atoms with Gasteiger partial charge in [-0.2, -0.15) is 0 Å². The quantitative estimate of drug-likeness (QED) is 0.512. The third kappa shape index (κ3) is 7.41. The van der Waals surface area contributed by atoms with E-state index in [-0.39, 0.29) is 24.5 Å². The maximum atomic E-state index is 11.8. The van der Waals surface area contributed by atoms with Crippen LogP contribution in [0.4, 0.5) is 11.4 Å². The van der Waals surface area contributed by atoms with Crippen LogP contribution in [0.3, 0.4) is 0 Å². The molecule has 0 fully saturated rings. The van der Waals surface area contributed by atoms with E-state index >= 15 is 0 Å². The fourth-order valence-corrected chi connectivity index (χ4v) is 2.37. The molecule has 0 bridgehead atoms. The molecule has 7 nitrogen and oxygen atoms in total. The Bertz CT molecular complexity index is 849. The van der Waals surface area contributed by atoms with Crippen LogP contribution in [0.5, 0.6) is 0 Å². The Morgan fingerprint density at radius 1 is 0.821 bits per heavy atom. The lowest BCUT2D eigenvalue weighted by atomic mass is 10.1. The van der Waals surface area contributed by atoms with Crippen molar-refractivity contribution in [1.29, 1.82) is 0 Å². The third-order valence-electron chi connectivity index (χ3n) is 3.76. The molecule has 0 saturated heterocycles. The van der Waals surface area contributed by atoms with Crippen molar-refractivity contribution < 1.29 is 23.9 Å². The van der Waals surface area contributed by atoms with Crippen molar-refractivity contribution in [2.45, 2.75) is 26.2 Å². The smallest absolute Gasteiger partial charge is 0.306 e. The fourth-order valence-electron chi connectivity index (χ4n) is 2.37. The zero-order valence-electron chi connectivity index (χ0n) is 15.6. The Balaban J connectivity index is 1.65. The predicted octanol–water partition coefficient (Wildman–Crippen LogP) is 3.18. The highest BCUT2D eigenvalue weighted by molar-refractivity contribution is 5.97. The van der Waals surface area contributed by atoms with Crippen LogP contribution in [0.25, 0.3) is 0 Å². The van der Waals surface area contributed by atoms with Gasteiger partial charge >= 0.3 is 5.97 Å². The molecule has 28 heavy (non-hydrogen) atoms. The number of ether oxygens (including phenoxy) is 1. The van der Waals surface area contributed by atoms with Crippen LogP contribution >= 0.6 is 0 Å². The lowest BCUT2D eigenvalue weighted by molar-refractivity contribution is -0.147. The molecule has 0 aliphatic heterocycles. The van der Waals surface area contributed by atoms with Gasteiger partial charge < -0.3 is 15.4 Å². The number of rotatable bonds is 9.